The summed E-state index contributed by atoms with van der Waals surface area (Å²) in [7, 11) is 0. The Hall–Kier alpha value is -4.85. The molecule has 1 atom stereocenters. The molecule has 194 valence electrons. The van der Waals surface area contributed by atoms with Crippen LogP contribution in [0.3, 0.4) is 0 Å². The fourth-order valence-electron chi connectivity index (χ4n) is 5.30. The lowest BCUT2D eigenvalue weighted by molar-refractivity contribution is -0.136. The second-order valence-corrected chi connectivity index (χ2v) is 10.0. The number of hydrogen-bond donors (Lipinski definition) is 2. The first kappa shape index (κ1) is 24.5. The maximum absolute atomic E-state index is 13.5. The van der Waals surface area contributed by atoms with Crippen LogP contribution in [0.1, 0.15) is 50.2 Å². The van der Waals surface area contributed by atoms with Crippen LogP contribution in [0.15, 0.2) is 72.8 Å². The van der Waals surface area contributed by atoms with Crippen LogP contribution in [0.5, 0.6) is 0 Å². The normalized spacial score (nSPS) is 16.8. The van der Waals surface area contributed by atoms with Crippen LogP contribution in [-0.4, -0.2) is 39.6 Å². The lowest BCUT2D eigenvalue weighted by Gasteiger charge is -2.29. The Labute approximate surface area is 225 Å². The first-order valence-electron chi connectivity index (χ1n) is 12.9. The summed E-state index contributed by atoms with van der Waals surface area (Å²) in [5, 5.41) is 6.13. The maximum Gasteiger partial charge on any atom is 0.255 e. The second-order valence-electron chi connectivity index (χ2n) is 10.0. The molecule has 0 bridgehead atoms. The molecule has 2 aliphatic rings. The molecule has 2 N–H and O–H groups in total. The standard InChI is InChI=1S/C31H26N4O4/c1-18-7-10-25-23(13-18)24(15-26(33-25)20-5-3-2-4-6-20)29(37)32-16-19-8-9-22-21(14-19)17-35(31(22)39)27-11-12-28(36)34-30(27)38/h2-10,13-15,27H,11-12,16-17H2,1H3,(H,32,37)(H,34,36,38). The Morgan fingerprint density at radius 3 is 2.64 bits per heavy atom. The Morgan fingerprint density at radius 1 is 1.03 bits per heavy atom. The van der Waals surface area contributed by atoms with E-state index in [9.17, 15) is 19.2 Å². The van der Waals surface area contributed by atoms with Gasteiger partial charge >= 0.3 is 0 Å². The average Bonchev–Trinajstić information content (AvgIpc) is 3.26. The van der Waals surface area contributed by atoms with Crippen molar-refractivity contribution in [1.82, 2.24) is 20.5 Å². The second kappa shape index (κ2) is 9.79. The van der Waals surface area contributed by atoms with Gasteiger partial charge in [-0.2, -0.15) is 0 Å². The molecule has 3 heterocycles. The van der Waals surface area contributed by atoms with Crippen LogP contribution >= 0.6 is 0 Å². The molecule has 1 unspecified atom stereocenters. The molecule has 0 saturated carbocycles. The number of benzene rings is 3. The van der Waals surface area contributed by atoms with Crippen molar-refractivity contribution < 1.29 is 19.2 Å². The number of rotatable bonds is 5. The minimum atomic E-state index is -0.659. The van der Waals surface area contributed by atoms with E-state index in [0.29, 0.717) is 17.5 Å². The highest BCUT2D eigenvalue weighted by Crippen LogP contribution is 2.29. The van der Waals surface area contributed by atoms with Crippen LogP contribution in [-0.2, 0) is 22.7 Å². The molecule has 1 aromatic heterocycles. The monoisotopic (exact) mass is 518 g/mol. The summed E-state index contributed by atoms with van der Waals surface area (Å²) in [6.07, 6.45) is 0.528. The van der Waals surface area contributed by atoms with Crippen molar-refractivity contribution in [2.24, 2.45) is 0 Å². The Balaban J connectivity index is 1.23. The fourth-order valence-corrected chi connectivity index (χ4v) is 5.30. The van der Waals surface area contributed by atoms with Crippen LogP contribution in [0.4, 0.5) is 0 Å². The summed E-state index contributed by atoms with van der Waals surface area (Å²) in [6.45, 7) is 2.54. The number of aryl methyl sites for hydroxylation is 1. The third-order valence-electron chi connectivity index (χ3n) is 7.32. The number of aromatic nitrogens is 1. The number of fused-ring (bicyclic) bond motifs is 2. The topological polar surface area (TPSA) is 108 Å². The van der Waals surface area contributed by atoms with Gasteiger partial charge < -0.3 is 10.2 Å². The molecule has 4 aromatic rings. The molecule has 2 aliphatic heterocycles. The summed E-state index contributed by atoms with van der Waals surface area (Å²) < 4.78 is 0. The number of nitrogens with zero attached hydrogens (tertiary/aromatic N) is 2. The van der Waals surface area contributed by atoms with Gasteiger partial charge in [0, 0.05) is 36.0 Å². The fraction of sp³-hybridized carbons (Fsp3) is 0.194. The van der Waals surface area contributed by atoms with E-state index in [-0.39, 0.29) is 37.2 Å². The predicted molar refractivity (Wildman–Crippen MR) is 146 cm³/mol. The quantitative estimate of drug-likeness (QED) is 0.390. The molecular weight excluding hydrogens is 492 g/mol. The lowest BCUT2D eigenvalue weighted by atomic mass is 10.0. The van der Waals surface area contributed by atoms with Crippen molar-refractivity contribution in [2.45, 2.75) is 38.9 Å². The molecule has 0 aliphatic carbocycles. The maximum atomic E-state index is 13.5. The van der Waals surface area contributed by atoms with Crippen molar-refractivity contribution in [1.29, 1.82) is 0 Å². The van der Waals surface area contributed by atoms with Gasteiger partial charge in [-0.3, -0.25) is 24.5 Å². The van der Waals surface area contributed by atoms with Crippen LogP contribution in [0.25, 0.3) is 22.2 Å². The number of amides is 4. The predicted octanol–water partition coefficient (Wildman–Crippen LogP) is 3.90. The molecule has 1 fully saturated rings. The van der Waals surface area contributed by atoms with E-state index in [2.05, 4.69) is 10.6 Å². The van der Waals surface area contributed by atoms with E-state index in [0.717, 1.165) is 38.9 Å². The SMILES string of the molecule is Cc1ccc2nc(-c3ccccc3)cc(C(=O)NCc3ccc4c(c3)CN(C3CCC(=O)NC3=O)C4=O)c2c1. The van der Waals surface area contributed by atoms with Gasteiger partial charge in [0.15, 0.2) is 0 Å². The van der Waals surface area contributed by atoms with E-state index in [1.165, 1.54) is 4.90 Å². The zero-order valence-electron chi connectivity index (χ0n) is 21.4. The molecule has 4 amide bonds. The van der Waals surface area contributed by atoms with Gasteiger partial charge in [0.25, 0.3) is 11.8 Å². The van der Waals surface area contributed by atoms with Gasteiger partial charge in [-0.05, 0) is 48.7 Å². The van der Waals surface area contributed by atoms with Crippen LogP contribution in [0, 0.1) is 6.92 Å². The highest BCUT2D eigenvalue weighted by atomic mass is 16.2. The smallest absolute Gasteiger partial charge is 0.255 e. The van der Waals surface area contributed by atoms with E-state index in [1.807, 2.05) is 73.7 Å². The Kier molecular flexibility index (Phi) is 6.15. The van der Waals surface area contributed by atoms with Gasteiger partial charge in [-0.15, -0.1) is 0 Å². The number of hydrogen-bond acceptors (Lipinski definition) is 5. The highest BCUT2D eigenvalue weighted by Gasteiger charge is 2.39. The largest absolute Gasteiger partial charge is 0.348 e. The van der Waals surface area contributed by atoms with Gasteiger partial charge in [0.1, 0.15) is 6.04 Å². The van der Waals surface area contributed by atoms with Gasteiger partial charge in [-0.25, -0.2) is 4.98 Å². The molecule has 3 aromatic carbocycles. The van der Waals surface area contributed by atoms with E-state index in [4.69, 9.17) is 4.98 Å². The van der Waals surface area contributed by atoms with Crippen molar-refractivity contribution in [2.75, 3.05) is 0 Å². The number of carbonyl (C=O) groups is 4. The lowest BCUT2D eigenvalue weighted by Crippen LogP contribution is -2.52. The molecule has 0 radical (unpaired) electrons. The Morgan fingerprint density at radius 2 is 1.85 bits per heavy atom. The van der Waals surface area contributed by atoms with Gasteiger partial charge in [0.2, 0.25) is 11.8 Å². The van der Waals surface area contributed by atoms with Crippen molar-refractivity contribution in [3.05, 3.63) is 101 Å². The summed E-state index contributed by atoms with van der Waals surface area (Å²) in [4.78, 5) is 56.6. The summed E-state index contributed by atoms with van der Waals surface area (Å²) >= 11 is 0. The zero-order valence-corrected chi connectivity index (χ0v) is 21.4. The van der Waals surface area contributed by atoms with Crippen LogP contribution in [0.2, 0.25) is 0 Å². The minimum absolute atomic E-state index is 0.211. The van der Waals surface area contributed by atoms with Crippen LogP contribution < -0.4 is 10.6 Å². The van der Waals surface area contributed by atoms with Crippen molar-refractivity contribution >= 4 is 34.5 Å². The number of pyridine rings is 1. The van der Waals surface area contributed by atoms with E-state index in [1.54, 1.807) is 6.07 Å². The number of nitrogens with one attached hydrogen (secondary N) is 2. The number of imide groups is 1. The molecule has 1 saturated heterocycles. The summed E-state index contributed by atoms with van der Waals surface area (Å²) in [5.74, 6) is -1.19. The highest BCUT2D eigenvalue weighted by molar-refractivity contribution is 6.07. The van der Waals surface area contributed by atoms with Crippen molar-refractivity contribution in [3.63, 3.8) is 0 Å². The van der Waals surface area contributed by atoms with Gasteiger partial charge in [-0.1, -0.05) is 54.1 Å². The molecule has 8 heteroatoms. The molecule has 39 heavy (non-hydrogen) atoms. The average molecular weight is 519 g/mol. The number of piperidine rings is 1. The molecule has 0 spiro atoms. The Bertz CT molecular complexity index is 1660. The summed E-state index contributed by atoms with van der Waals surface area (Å²) in [5.41, 5.74) is 6.16. The minimum Gasteiger partial charge on any atom is -0.348 e. The van der Waals surface area contributed by atoms with Gasteiger partial charge in [0.05, 0.1) is 16.8 Å². The van der Waals surface area contributed by atoms with Crippen molar-refractivity contribution in [3.8, 4) is 11.3 Å². The first-order valence-corrected chi connectivity index (χ1v) is 12.9. The number of carbonyl (C=O) groups excluding carboxylic acids is 4. The molecule has 6 rings (SSSR count). The third kappa shape index (κ3) is 4.65. The third-order valence-corrected chi connectivity index (χ3v) is 7.32. The summed E-state index contributed by atoms with van der Waals surface area (Å²) in [6, 6.07) is 22.2. The molecule has 8 nitrogen and oxygen atoms in total. The van der Waals surface area contributed by atoms with E-state index >= 15 is 0 Å². The zero-order chi connectivity index (χ0) is 27.1. The molecular formula is C31H26N4O4. The first-order chi connectivity index (χ1) is 18.9. The van der Waals surface area contributed by atoms with E-state index < -0.39 is 11.9 Å².